The molecule has 0 unspecified atom stereocenters. The molecule has 2 rings (SSSR count). The molecule has 1 amide bonds. The maximum absolute atomic E-state index is 12.2. The van der Waals surface area contributed by atoms with Gasteiger partial charge in [-0.05, 0) is 49.1 Å². The lowest BCUT2D eigenvalue weighted by molar-refractivity contribution is 0.0858. The van der Waals surface area contributed by atoms with Gasteiger partial charge in [-0.2, -0.15) is 0 Å². The van der Waals surface area contributed by atoms with E-state index in [1.54, 1.807) is 19.2 Å². The first-order valence-electron chi connectivity index (χ1n) is 8.34. The number of nitrogens with one attached hydrogen (secondary N) is 1. The second-order valence-corrected chi connectivity index (χ2v) is 7.06. The molecule has 0 spiro atoms. The molecule has 0 saturated heterocycles. The lowest BCUT2D eigenvalue weighted by atomic mass is 9.69. The fourth-order valence-electron chi connectivity index (χ4n) is 3.28. The first-order valence-corrected chi connectivity index (χ1v) is 8.34. The molecule has 22 heavy (non-hydrogen) atoms. The number of carbonyl (C=O) groups excluding carboxylic acids is 1. The number of rotatable bonds is 6. The van der Waals surface area contributed by atoms with Crippen molar-refractivity contribution < 1.29 is 13.9 Å². The molecule has 4 heteroatoms. The van der Waals surface area contributed by atoms with Crippen LogP contribution in [0.1, 0.15) is 69.2 Å². The van der Waals surface area contributed by atoms with E-state index in [2.05, 4.69) is 26.1 Å². The van der Waals surface area contributed by atoms with Crippen LogP contribution in [-0.2, 0) is 11.3 Å². The van der Waals surface area contributed by atoms with E-state index in [0.717, 1.165) is 18.8 Å². The molecular weight excluding hydrogens is 278 g/mol. The zero-order valence-electron chi connectivity index (χ0n) is 14.3. The third-order valence-electron chi connectivity index (χ3n) is 5.25. The third-order valence-corrected chi connectivity index (χ3v) is 5.25. The molecule has 1 saturated carbocycles. The van der Waals surface area contributed by atoms with Crippen LogP contribution in [0.15, 0.2) is 16.5 Å². The standard InChI is InChI=1S/C18H29NO3/c1-5-18(2,3)13-6-8-14(9-7-13)19-17(20)16-11-10-15(22-16)12-21-4/h10-11,13-14H,5-9,12H2,1-4H3,(H,19,20). The quantitative estimate of drug-likeness (QED) is 0.859. The van der Waals surface area contributed by atoms with Crippen LogP contribution in [0.4, 0.5) is 0 Å². The Hall–Kier alpha value is -1.29. The van der Waals surface area contributed by atoms with E-state index < -0.39 is 0 Å². The van der Waals surface area contributed by atoms with Gasteiger partial charge in [0.25, 0.3) is 5.91 Å². The molecule has 124 valence electrons. The summed E-state index contributed by atoms with van der Waals surface area (Å²) in [4.78, 5) is 12.2. The highest BCUT2D eigenvalue weighted by molar-refractivity contribution is 5.91. The Bertz CT molecular complexity index is 484. The van der Waals surface area contributed by atoms with Gasteiger partial charge in [-0.1, -0.05) is 27.2 Å². The molecular formula is C18H29NO3. The van der Waals surface area contributed by atoms with Crippen molar-refractivity contribution in [3.8, 4) is 0 Å². The van der Waals surface area contributed by atoms with Gasteiger partial charge in [-0.3, -0.25) is 4.79 Å². The number of hydrogen-bond acceptors (Lipinski definition) is 3. The zero-order valence-corrected chi connectivity index (χ0v) is 14.3. The van der Waals surface area contributed by atoms with Crippen LogP contribution in [0.2, 0.25) is 0 Å². The van der Waals surface area contributed by atoms with Gasteiger partial charge in [0, 0.05) is 13.2 Å². The van der Waals surface area contributed by atoms with Gasteiger partial charge in [-0.25, -0.2) is 0 Å². The highest BCUT2D eigenvalue weighted by Crippen LogP contribution is 2.40. The lowest BCUT2D eigenvalue weighted by Gasteiger charge is -2.39. The Kier molecular flexibility index (Phi) is 5.68. The van der Waals surface area contributed by atoms with E-state index in [9.17, 15) is 4.79 Å². The molecule has 1 fully saturated rings. The minimum absolute atomic E-state index is 0.111. The van der Waals surface area contributed by atoms with Crippen molar-refractivity contribution >= 4 is 5.91 Å². The first-order chi connectivity index (χ1) is 10.5. The molecule has 0 atom stereocenters. The van der Waals surface area contributed by atoms with E-state index in [1.807, 2.05) is 0 Å². The molecule has 0 aliphatic heterocycles. The van der Waals surface area contributed by atoms with Crippen LogP contribution < -0.4 is 5.32 Å². The summed E-state index contributed by atoms with van der Waals surface area (Å²) >= 11 is 0. The summed E-state index contributed by atoms with van der Waals surface area (Å²) in [6.07, 6.45) is 5.72. The Labute approximate surface area is 133 Å². The summed E-state index contributed by atoms with van der Waals surface area (Å²) in [6.45, 7) is 7.38. The summed E-state index contributed by atoms with van der Waals surface area (Å²) in [6, 6.07) is 3.78. The molecule has 1 aliphatic carbocycles. The molecule has 1 heterocycles. The van der Waals surface area contributed by atoms with Crippen LogP contribution in [0.25, 0.3) is 0 Å². The number of carbonyl (C=O) groups is 1. The molecule has 1 aromatic heterocycles. The lowest BCUT2D eigenvalue weighted by Crippen LogP contribution is -2.39. The summed E-state index contributed by atoms with van der Waals surface area (Å²) < 4.78 is 10.5. The van der Waals surface area contributed by atoms with Gasteiger partial charge in [0.05, 0.1) is 0 Å². The molecule has 1 aliphatic rings. The minimum Gasteiger partial charge on any atom is -0.453 e. The van der Waals surface area contributed by atoms with Crippen LogP contribution in [0.3, 0.4) is 0 Å². The van der Waals surface area contributed by atoms with Crippen LogP contribution >= 0.6 is 0 Å². The predicted molar refractivity (Wildman–Crippen MR) is 86.7 cm³/mol. The molecule has 4 nitrogen and oxygen atoms in total. The van der Waals surface area contributed by atoms with Gasteiger partial charge < -0.3 is 14.5 Å². The summed E-state index contributed by atoms with van der Waals surface area (Å²) in [5.41, 5.74) is 0.408. The van der Waals surface area contributed by atoms with Crippen molar-refractivity contribution in [2.75, 3.05) is 7.11 Å². The Morgan fingerprint density at radius 2 is 2.00 bits per heavy atom. The fraction of sp³-hybridized carbons (Fsp3) is 0.722. The Morgan fingerprint density at radius 3 is 2.59 bits per heavy atom. The largest absolute Gasteiger partial charge is 0.453 e. The van der Waals surface area contributed by atoms with Crippen molar-refractivity contribution in [3.63, 3.8) is 0 Å². The SMILES string of the molecule is CCC(C)(C)C1CCC(NC(=O)c2ccc(COC)o2)CC1. The van der Waals surface area contributed by atoms with E-state index >= 15 is 0 Å². The van der Waals surface area contributed by atoms with Gasteiger partial charge in [-0.15, -0.1) is 0 Å². The van der Waals surface area contributed by atoms with Gasteiger partial charge in [0.15, 0.2) is 5.76 Å². The Morgan fingerprint density at radius 1 is 1.32 bits per heavy atom. The highest BCUT2D eigenvalue weighted by Gasteiger charge is 2.32. The fourth-order valence-corrected chi connectivity index (χ4v) is 3.28. The molecule has 0 bridgehead atoms. The summed E-state index contributed by atoms with van der Waals surface area (Å²) in [5.74, 6) is 1.72. The van der Waals surface area contributed by atoms with E-state index in [1.165, 1.54) is 19.3 Å². The molecule has 0 radical (unpaired) electrons. The van der Waals surface area contributed by atoms with Crippen molar-refractivity contribution in [2.45, 2.75) is 65.5 Å². The number of furan rings is 1. The van der Waals surface area contributed by atoms with Crippen LogP contribution in [-0.4, -0.2) is 19.1 Å². The van der Waals surface area contributed by atoms with E-state index in [-0.39, 0.29) is 11.9 Å². The summed E-state index contributed by atoms with van der Waals surface area (Å²) in [5, 5.41) is 3.11. The third kappa shape index (κ3) is 4.13. The van der Waals surface area contributed by atoms with Gasteiger partial charge in [0.1, 0.15) is 12.4 Å². The molecule has 0 aromatic carbocycles. The average molecular weight is 307 g/mol. The van der Waals surface area contributed by atoms with Gasteiger partial charge >= 0.3 is 0 Å². The van der Waals surface area contributed by atoms with Gasteiger partial charge in [0.2, 0.25) is 0 Å². The number of methoxy groups -OCH3 is 1. The van der Waals surface area contributed by atoms with Crippen LogP contribution in [0, 0.1) is 11.3 Å². The molecule has 1 aromatic rings. The normalized spacial score (nSPS) is 22.5. The van der Waals surface area contributed by atoms with E-state index in [4.69, 9.17) is 9.15 Å². The summed E-state index contributed by atoms with van der Waals surface area (Å²) in [7, 11) is 1.61. The Balaban J connectivity index is 1.83. The number of amides is 1. The maximum Gasteiger partial charge on any atom is 0.287 e. The van der Waals surface area contributed by atoms with Crippen molar-refractivity contribution in [1.29, 1.82) is 0 Å². The zero-order chi connectivity index (χ0) is 16.2. The van der Waals surface area contributed by atoms with E-state index in [0.29, 0.717) is 23.5 Å². The van der Waals surface area contributed by atoms with Crippen molar-refractivity contribution in [1.82, 2.24) is 5.32 Å². The minimum atomic E-state index is -0.111. The van der Waals surface area contributed by atoms with Crippen molar-refractivity contribution in [3.05, 3.63) is 23.7 Å². The highest BCUT2D eigenvalue weighted by atomic mass is 16.5. The van der Waals surface area contributed by atoms with Crippen molar-refractivity contribution in [2.24, 2.45) is 11.3 Å². The van der Waals surface area contributed by atoms with Crippen LogP contribution in [0.5, 0.6) is 0 Å². The second kappa shape index (κ2) is 7.32. The topological polar surface area (TPSA) is 51.5 Å². The number of ether oxygens (including phenoxy) is 1. The monoisotopic (exact) mass is 307 g/mol. The predicted octanol–water partition coefficient (Wildman–Crippen LogP) is 4.15. The number of hydrogen-bond donors (Lipinski definition) is 1. The first kappa shape index (κ1) is 17.1. The average Bonchev–Trinajstić information content (AvgIpc) is 2.97. The second-order valence-electron chi connectivity index (χ2n) is 7.06. The maximum atomic E-state index is 12.2. The smallest absolute Gasteiger partial charge is 0.287 e. The molecule has 1 N–H and O–H groups in total.